The van der Waals surface area contributed by atoms with Gasteiger partial charge in [0.25, 0.3) is 0 Å². The number of nitrogens with one attached hydrogen (secondary N) is 2. The third-order valence-electron chi connectivity index (χ3n) is 2.93. The Labute approximate surface area is 113 Å². The van der Waals surface area contributed by atoms with Crippen molar-refractivity contribution in [1.82, 2.24) is 5.32 Å². The Morgan fingerprint density at radius 3 is 2.63 bits per heavy atom. The van der Waals surface area contributed by atoms with Crippen molar-refractivity contribution in [1.29, 1.82) is 0 Å². The highest BCUT2D eigenvalue weighted by molar-refractivity contribution is 5.84. The van der Waals surface area contributed by atoms with E-state index in [0.717, 1.165) is 6.42 Å². The van der Waals surface area contributed by atoms with Crippen LogP contribution in [-0.2, 0) is 4.79 Å². The van der Waals surface area contributed by atoms with Crippen LogP contribution < -0.4 is 15.4 Å². The number of ether oxygens (including phenoxy) is 1. The molecule has 19 heavy (non-hydrogen) atoms. The van der Waals surface area contributed by atoms with E-state index >= 15 is 0 Å². The number of amides is 1. The summed E-state index contributed by atoms with van der Waals surface area (Å²) in [5.74, 6) is -0.380. The topological polar surface area (TPSA) is 50.4 Å². The van der Waals surface area contributed by atoms with Gasteiger partial charge in [0.05, 0.1) is 7.11 Å². The predicted molar refractivity (Wildman–Crippen MR) is 73.9 cm³/mol. The molecule has 0 saturated heterocycles. The number of hydrogen-bond donors (Lipinski definition) is 2. The molecule has 0 radical (unpaired) electrons. The van der Waals surface area contributed by atoms with Gasteiger partial charge in [-0.15, -0.1) is 0 Å². The van der Waals surface area contributed by atoms with Crippen molar-refractivity contribution in [2.24, 2.45) is 0 Å². The molecule has 0 fully saturated rings. The summed E-state index contributed by atoms with van der Waals surface area (Å²) in [4.78, 5) is 11.8. The molecule has 1 amide bonds. The predicted octanol–water partition coefficient (Wildman–Crippen LogP) is 2.55. The van der Waals surface area contributed by atoms with Crippen LogP contribution in [0.25, 0.3) is 0 Å². The van der Waals surface area contributed by atoms with E-state index in [1.165, 1.54) is 19.2 Å². The summed E-state index contributed by atoms with van der Waals surface area (Å²) >= 11 is 0. The molecular weight excluding hydrogens is 247 g/mol. The second-order valence-corrected chi connectivity index (χ2v) is 4.53. The Hall–Kier alpha value is -1.78. The Morgan fingerprint density at radius 2 is 2.11 bits per heavy atom. The van der Waals surface area contributed by atoms with E-state index in [-0.39, 0.29) is 17.7 Å². The minimum absolute atomic E-state index is 0.106. The first-order valence-electron chi connectivity index (χ1n) is 6.38. The van der Waals surface area contributed by atoms with Crippen LogP contribution in [0.1, 0.15) is 27.2 Å². The fourth-order valence-electron chi connectivity index (χ4n) is 1.54. The first-order chi connectivity index (χ1) is 8.97. The standard InChI is InChI=1S/C14H21FN2O2/c1-5-9(2)16-14(18)10(3)17-11-6-7-13(19-4)12(15)8-11/h6-10,17H,5H2,1-4H3,(H,16,18). The number of methoxy groups -OCH3 is 1. The van der Waals surface area contributed by atoms with Crippen LogP contribution in [0.4, 0.5) is 10.1 Å². The lowest BCUT2D eigenvalue weighted by Crippen LogP contribution is -2.41. The quantitative estimate of drug-likeness (QED) is 0.833. The summed E-state index contributed by atoms with van der Waals surface area (Å²) < 4.78 is 18.3. The van der Waals surface area contributed by atoms with Crippen LogP contribution in [0.15, 0.2) is 18.2 Å². The number of anilines is 1. The largest absolute Gasteiger partial charge is 0.494 e. The van der Waals surface area contributed by atoms with E-state index < -0.39 is 11.9 Å². The molecular formula is C14H21FN2O2. The molecule has 106 valence electrons. The van der Waals surface area contributed by atoms with Gasteiger partial charge in [-0.3, -0.25) is 4.79 Å². The molecule has 0 saturated carbocycles. The van der Waals surface area contributed by atoms with Crippen molar-refractivity contribution in [3.63, 3.8) is 0 Å². The summed E-state index contributed by atoms with van der Waals surface area (Å²) in [5.41, 5.74) is 0.546. The maximum atomic E-state index is 13.5. The monoisotopic (exact) mass is 268 g/mol. The molecule has 2 N–H and O–H groups in total. The average Bonchev–Trinajstić information content (AvgIpc) is 2.38. The van der Waals surface area contributed by atoms with Crippen molar-refractivity contribution in [3.8, 4) is 5.75 Å². The third kappa shape index (κ3) is 4.43. The fourth-order valence-corrected chi connectivity index (χ4v) is 1.54. The molecule has 0 heterocycles. The molecule has 0 aliphatic heterocycles. The lowest BCUT2D eigenvalue weighted by molar-refractivity contribution is -0.122. The van der Waals surface area contributed by atoms with Gasteiger partial charge in [0.1, 0.15) is 6.04 Å². The Morgan fingerprint density at radius 1 is 1.42 bits per heavy atom. The zero-order valence-corrected chi connectivity index (χ0v) is 11.8. The average molecular weight is 268 g/mol. The van der Waals surface area contributed by atoms with Crippen molar-refractivity contribution in [2.45, 2.75) is 39.3 Å². The molecule has 2 unspecified atom stereocenters. The minimum atomic E-state index is -0.456. The summed E-state index contributed by atoms with van der Waals surface area (Å²) in [6.07, 6.45) is 0.871. The highest BCUT2D eigenvalue weighted by Gasteiger charge is 2.15. The van der Waals surface area contributed by atoms with Gasteiger partial charge in [-0.1, -0.05) is 6.92 Å². The molecule has 0 bridgehead atoms. The van der Waals surface area contributed by atoms with Crippen molar-refractivity contribution in [3.05, 3.63) is 24.0 Å². The first kappa shape index (κ1) is 15.3. The lowest BCUT2D eigenvalue weighted by Gasteiger charge is -2.18. The van der Waals surface area contributed by atoms with E-state index in [2.05, 4.69) is 10.6 Å². The molecule has 1 rings (SSSR count). The summed E-state index contributed by atoms with van der Waals surface area (Å²) in [7, 11) is 1.41. The molecule has 4 nitrogen and oxygen atoms in total. The van der Waals surface area contributed by atoms with Gasteiger partial charge in [0.15, 0.2) is 11.6 Å². The fraction of sp³-hybridized carbons (Fsp3) is 0.500. The summed E-state index contributed by atoms with van der Waals surface area (Å²) in [5, 5.41) is 5.82. The van der Waals surface area contributed by atoms with Gasteiger partial charge in [-0.05, 0) is 32.4 Å². The van der Waals surface area contributed by atoms with E-state index in [1.54, 1.807) is 13.0 Å². The Kier molecular flexibility index (Phi) is 5.60. The molecule has 2 atom stereocenters. The van der Waals surface area contributed by atoms with Crippen LogP contribution in [0.2, 0.25) is 0 Å². The van der Waals surface area contributed by atoms with Crippen molar-refractivity contribution in [2.75, 3.05) is 12.4 Å². The minimum Gasteiger partial charge on any atom is -0.494 e. The highest BCUT2D eigenvalue weighted by Crippen LogP contribution is 2.21. The van der Waals surface area contributed by atoms with Crippen LogP contribution >= 0.6 is 0 Å². The maximum Gasteiger partial charge on any atom is 0.242 e. The maximum absolute atomic E-state index is 13.5. The number of benzene rings is 1. The van der Waals surface area contributed by atoms with Crippen molar-refractivity contribution >= 4 is 11.6 Å². The van der Waals surface area contributed by atoms with E-state index in [4.69, 9.17) is 4.74 Å². The van der Waals surface area contributed by atoms with Crippen LogP contribution in [0.3, 0.4) is 0 Å². The molecule has 1 aromatic carbocycles. The zero-order chi connectivity index (χ0) is 14.4. The summed E-state index contributed by atoms with van der Waals surface area (Å²) in [6, 6.07) is 4.21. The molecule has 0 aromatic heterocycles. The number of hydrogen-bond acceptors (Lipinski definition) is 3. The molecule has 0 spiro atoms. The summed E-state index contributed by atoms with van der Waals surface area (Å²) in [6.45, 7) is 5.68. The van der Waals surface area contributed by atoms with Crippen LogP contribution in [0.5, 0.6) is 5.75 Å². The van der Waals surface area contributed by atoms with Gasteiger partial charge in [0.2, 0.25) is 5.91 Å². The zero-order valence-electron chi connectivity index (χ0n) is 11.8. The number of carbonyl (C=O) groups excluding carboxylic acids is 1. The number of carbonyl (C=O) groups is 1. The number of rotatable bonds is 6. The van der Waals surface area contributed by atoms with Gasteiger partial charge >= 0.3 is 0 Å². The van der Waals surface area contributed by atoms with Crippen LogP contribution in [-0.4, -0.2) is 25.1 Å². The van der Waals surface area contributed by atoms with E-state index in [1.807, 2.05) is 13.8 Å². The highest BCUT2D eigenvalue weighted by atomic mass is 19.1. The van der Waals surface area contributed by atoms with Gasteiger partial charge < -0.3 is 15.4 Å². The van der Waals surface area contributed by atoms with Gasteiger partial charge in [-0.25, -0.2) is 4.39 Å². The van der Waals surface area contributed by atoms with E-state index in [9.17, 15) is 9.18 Å². The Bertz CT molecular complexity index is 437. The van der Waals surface area contributed by atoms with E-state index in [0.29, 0.717) is 5.69 Å². The first-order valence-corrected chi connectivity index (χ1v) is 6.38. The van der Waals surface area contributed by atoms with Gasteiger partial charge in [-0.2, -0.15) is 0 Å². The Balaban J connectivity index is 2.63. The van der Waals surface area contributed by atoms with Crippen LogP contribution in [0, 0.1) is 5.82 Å². The second kappa shape index (κ2) is 6.97. The normalized spacial score (nSPS) is 13.5. The molecule has 1 aromatic rings. The lowest BCUT2D eigenvalue weighted by atomic mass is 10.2. The molecule has 5 heteroatoms. The SMILES string of the molecule is CCC(C)NC(=O)C(C)Nc1ccc(OC)c(F)c1. The molecule has 0 aliphatic rings. The van der Waals surface area contributed by atoms with Crippen molar-refractivity contribution < 1.29 is 13.9 Å². The van der Waals surface area contributed by atoms with Gasteiger partial charge in [0, 0.05) is 17.8 Å². The molecule has 0 aliphatic carbocycles. The third-order valence-corrected chi connectivity index (χ3v) is 2.93. The second-order valence-electron chi connectivity index (χ2n) is 4.53. The number of halogens is 1. The smallest absolute Gasteiger partial charge is 0.242 e.